The predicted molar refractivity (Wildman–Crippen MR) is 266 cm³/mol. The highest BCUT2D eigenvalue weighted by molar-refractivity contribution is 5.69. The first kappa shape index (κ1) is 62.6. The third kappa shape index (κ3) is 29.1. The first-order chi connectivity index (χ1) is 33.1. The molecule has 2 saturated heterocycles. The van der Waals surface area contributed by atoms with Crippen LogP contribution in [0.4, 0.5) is 0 Å². The monoisotopic (exact) mass is 973 g/mol. The number of hydrogen-bond donors (Lipinski definition) is 7. The van der Waals surface area contributed by atoms with Gasteiger partial charge in [0, 0.05) is 13.0 Å². The molecule has 0 aromatic carbocycles. The van der Waals surface area contributed by atoms with E-state index < -0.39 is 80.7 Å². The number of aliphatic hydroxyl groups excluding tert-OH is 7. The highest BCUT2D eigenvalue weighted by atomic mass is 16.7. The average Bonchev–Trinajstić information content (AvgIpc) is 3.33. The van der Waals surface area contributed by atoms with E-state index >= 15 is 0 Å². The molecule has 0 aromatic rings. The van der Waals surface area contributed by atoms with Gasteiger partial charge in [-0.3, -0.25) is 4.79 Å². The Labute approximate surface area is 411 Å². The van der Waals surface area contributed by atoms with Gasteiger partial charge in [0.25, 0.3) is 0 Å². The van der Waals surface area contributed by atoms with Gasteiger partial charge in [-0.25, -0.2) is 0 Å². The Morgan fingerprint density at radius 1 is 0.471 bits per heavy atom. The molecule has 14 heteroatoms. The van der Waals surface area contributed by atoms with Gasteiger partial charge in [-0.2, -0.15) is 0 Å². The minimum Gasteiger partial charge on any atom is -0.457 e. The van der Waals surface area contributed by atoms with Crippen LogP contribution in [-0.4, -0.2) is 142 Å². The van der Waals surface area contributed by atoms with Crippen LogP contribution in [0.25, 0.3) is 0 Å². The van der Waals surface area contributed by atoms with Crippen molar-refractivity contribution in [3.63, 3.8) is 0 Å². The van der Waals surface area contributed by atoms with E-state index in [2.05, 4.69) is 38.2 Å². The fourth-order valence-electron chi connectivity index (χ4n) is 8.69. The molecule has 0 bridgehead atoms. The molecule has 2 aliphatic rings. The molecule has 7 N–H and O–H groups in total. The minimum atomic E-state index is -1.71. The lowest BCUT2D eigenvalue weighted by Crippen LogP contribution is -2.61. The molecular weight excluding hydrogens is 873 g/mol. The summed E-state index contributed by atoms with van der Waals surface area (Å²) < 4.78 is 34.3. The lowest BCUT2D eigenvalue weighted by molar-refractivity contribution is -0.332. The van der Waals surface area contributed by atoms with E-state index in [0.717, 1.165) is 57.8 Å². The SMILES string of the molecule is CCCCCCCC/C=C\CCCCCCCCCCOCC(COC1OC(COC2OC(CO)C(O)C(O)C2O)C(O)C(O)C1O)OC(=O)CCCCCCC/C=C\CCCCCCCCC. The number of ether oxygens (including phenoxy) is 6. The number of carbonyl (C=O) groups excluding carboxylic acids is 1. The highest BCUT2D eigenvalue weighted by Crippen LogP contribution is 2.26. The van der Waals surface area contributed by atoms with Crippen molar-refractivity contribution >= 4 is 5.97 Å². The van der Waals surface area contributed by atoms with Gasteiger partial charge in [-0.1, -0.05) is 167 Å². The summed E-state index contributed by atoms with van der Waals surface area (Å²) >= 11 is 0. The van der Waals surface area contributed by atoms with E-state index in [0.29, 0.717) is 13.0 Å². The van der Waals surface area contributed by atoms with Crippen molar-refractivity contribution in [2.75, 3.05) is 33.0 Å². The van der Waals surface area contributed by atoms with E-state index in [1.54, 1.807) is 0 Å². The number of hydrogen-bond acceptors (Lipinski definition) is 14. The van der Waals surface area contributed by atoms with Crippen molar-refractivity contribution in [3.8, 4) is 0 Å². The second-order valence-electron chi connectivity index (χ2n) is 19.4. The topological polar surface area (TPSA) is 214 Å². The Morgan fingerprint density at radius 2 is 0.868 bits per heavy atom. The predicted octanol–water partition coefficient (Wildman–Crippen LogP) is 8.80. The first-order valence-corrected chi connectivity index (χ1v) is 27.4. The maximum absolute atomic E-state index is 13.0. The Bertz CT molecular complexity index is 1220. The van der Waals surface area contributed by atoms with Crippen molar-refractivity contribution in [1.82, 2.24) is 0 Å². The summed E-state index contributed by atoms with van der Waals surface area (Å²) in [4.78, 5) is 13.0. The van der Waals surface area contributed by atoms with Crippen LogP contribution in [0.15, 0.2) is 24.3 Å². The van der Waals surface area contributed by atoms with E-state index in [9.17, 15) is 40.5 Å². The molecular formula is C54H100O14. The van der Waals surface area contributed by atoms with Crippen molar-refractivity contribution in [3.05, 3.63) is 24.3 Å². The number of allylic oxidation sites excluding steroid dienone is 4. The van der Waals surface area contributed by atoms with Gasteiger partial charge in [0.2, 0.25) is 0 Å². The molecule has 2 heterocycles. The van der Waals surface area contributed by atoms with Gasteiger partial charge in [-0.05, 0) is 64.2 Å². The molecule has 0 radical (unpaired) electrons. The zero-order valence-electron chi connectivity index (χ0n) is 42.6. The van der Waals surface area contributed by atoms with Crippen LogP contribution in [0, 0.1) is 0 Å². The highest BCUT2D eigenvalue weighted by Gasteiger charge is 2.47. The minimum absolute atomic E-state index is 0.0588. The van der Waals surface area contributed by atoms with E-state index in [1.807, 2.05) is 0 Å². The zero-order chi connectivity index (χ0) is 49.5. The average molecular weight is 973 g/mol. The number of carbonyl (C=O) groups is 1. The Morgan fingerprint density at radius 3 is 1.34 bits per heavy atom. The van der Waals surface area contributed by atoms with Gasteiger partial charge >= 0.3 is 5.97 Å². The Hall–Kier alpha value is -1.53. The Balaban J connectivity index is 1.75. The van der Waals surface area contributed by atoms with Gasteiger partial charge < -0.3 is 64.2 Å². The largest absolute Gasteiger partial charge is 0.457 e. The third-order valence-electron chi connectivity index (χ3n) is 13.2. The quantitative estimate of drug-likeness (QED) is 0.0173. The fourth-order valence-corrected chi connectivity index (χ4v) is 8.69. The van der Waals surface area contributed by atoms with Gasteiger partial charge in [-0.15, -0.1) is 0 Å². The summed E-state index contributed by atoms with van der Waals surface area (Å²) in [6, 6.07) is 0. The van der Waals surface area contributed by atoms with Crippen LogP contribution < -0.4 is 0 Å². The lowest BCUT2D eigenvalue weighted by atomic mass is 9.98. The Kier molecular flexibility index (Phi) is 38.7. The van der Waals surface area contributed by atoms with Crippen LogP contribution in [0.1, 0.15) is 213 Å². The van der Waals surface area contributed by atoms with Crippen LogP contribution >= 0.6 is 0 Å². The van der Waals surface area contributed by atoms with Crippen molar-refractivity contribution in [2.45, 2.75) is 280 Å². The molecule has 0 amide bonds. The van der Waals surface area contributed by atoms with E-state index in [-0.39, 0.29) is 25.6 Å². The van der Waals surface area contributed by atoms with Crippen LogP contribution in [0.5, 0.6) is 0 Å². The summed E-state index contributed by atoms with van der Waals surface area (Å²) in [6.07, 6.45) is 29.5. The normalized spacial score (nSPS) is 26.0. The molecule has 11 unspecified atom stereocenters. The lowest BCUT2D eigenvalue weighted by Gasteiger charge is -2.42. The molecule has 0 aromatic heterocycles. The molecule has 2 fully saturated rings. The summed E-state index contributed by atoms with van der Waals surface area (Å²) in [5.74, 6) is -0.383. The van der Waals surface area contributed by atoms with Gasteiger partial charge in [0.1, 0.15) is 54.9 Å². The van der Waals surface area contributed by atoms with Crippen LogP contribution in [0.3, 0.4) is 0 Å². The molecule has 400 valence electrons. The number of rotatable bonds is 44. The summed E-state index contributed by atoms with van der Waals surface area (Å²) in [5, 5.41) is 72.2. The maximum Gasteiger partial charge on any atom is 0.306 e. The summed E-state index contributed by atoms with van der Waals surface area (Å²) in [6.45, 7) is 3.69. The second-order valence-corrected chi connectivity index (χ2v) is 19.4. The van der Waals surface area contributed by atoms with Crippen molar-refractivity contribution < 1.29 is 69.0 Å². The second kappa shape index (κ2) is 42.0. The van der Waals surface area contributed by atoms with Crippen molar-refractivity contribution in [2.24, 2.45) is 0 Å². The molecule has 0 saturated carbocycles. The first-order valence-electron chi connectivity index (χ1n) is 27.4. The third-order valence-corrected chi connectivity index (χ3v) is 13.2. The molecule has 68 heavy (non-hydrogen) atoms. The molecule has 14 nitrogen and oxygen atoms in total. The number of esters is 1. The summed E-state index contributed by atoms with van der Waals surface area (Å²) in [5.41, 5.74) is 0. The summed E-state index contributed by atoms with van der Waals surface area (Å²) in [7, 11) is 0. The smallest absolute Gasteiger partial charge is 0.306 e. The molecule has 2 rings (SSSR count). The van der Waals surface area contributed by atoms with Gasteiger partial charge in [0.05, 0.1) is 26.4 Å². The number of unbranched alkanes of at least 4 members (excludes halogenated alkanes) is 26. The number of aliphatic hydroxyl groups is 7. The van der Waals surface area contributed by atoms with Crippen molar-refractivity contribution in [1.29, 1.82) is 0 Å². The van der Waals surface area contributed by atoms with E-state index in [4.69, 9.17) is 28.4 Å². The molecule has 11 atom stereocenters. The molecule has 0 spiro atoms. The molecule has 2 aliphatic heterocycles. The fraction of sp³-hybridized carbons (Fsp3) is 0.907. The van der Waals surface area contributed by atoms with Crippen LogP contribution in [-0.2, 0) is 33.2 Å². The van der Waals surface area contributed by atoms with Crippen LogP contribution in [0.2, 0.25) is 0 Å². The maximum atomic E-state index is 13.0. The van der Waals surface area contributed by atoms with E-state index in [1.165, 1.54) is 128 Å². The van der Waals surface area contributed by atoms with Gasteiger partial charge in [0.15, 0.2) is 12.6 Å². The standard InChI is InChI=1S/C54H100O14/c1-3-5-7-9-11-13-15-17-19-21-22-24-26-28-30-32-34-36-38-63-40-43(66-46(56)37-35-33-31-29-27-25-23-20-18-16-14-12-10-8-6-4-2)41-64-53-52(62)50(60)48(58)45(68-53)42-65-54-51(61)49(59)47(57)44(39-55)67-54/h17,19-20,23,43-45,47-55,57-62H,3-16,18,21-22,24-42H2,1-2H3/b19-17-,23-20-. The zero-order valence-corrected chi connectivity index (χ0v) is 42.6. The molecule has 0 aliphatic carbocycles.